The van der Waals surface area contributed by atoms with Crippen molar-refractivity contribution in [3.63, 3.8) is 0 Å². The Bertz CT molecular complexity index is 1020. The van der Waals surface area contributed by atoms with Gasteiger partial charge in [0, 0.05) is 21.7 Å². The minimum atomic E-state index is -0.280. The number of nitrogens with one attached hydrogen (secondary N) is 1. The summed E-state index contributed by atoms with van der Waals surface area (Å²) >= 11 is 12.2. The number of hydrogen-bond acceptors (Lipinski definition) is 4. The summed E-state index contributed by atoms with van der Waals surface area (Å²) in [6.07, 6.45) is 3.61. The van der Waals surface area contributed by atoms with Crippen molar-refractivity contribution in [2.75, 3.05) is 19.0 Å². The lowest BCUT2D eigenvalue weighted by atomic mass is 10.2. The molecule has 0 aliphatic rings. The van der Waals surface area contributed by atoms with E-state index in [1.54, 1.807) is 54.4 Å². The lowest BCUT2D eigenvalue weighted by Gasteiger charge is -2.13. The van der Waals surface area contributed by atoms with Crippen molar-refractivity contribution in [2.45, 2.75) is 26.3 Å². The summed E-state index contributed by atoms with van der Waals surface area (Å²) in [6.45, 7) is 3.09. The van der Waals surface area contributed by atoms with Crippen LogP contribution in [0.15, 0.2) is 48.7 Å². The molecule has 0 spiro atoms. The van der Waals surface area contributed by atoms with Crippen LogP contribution in [0.2, 0.25) is 10.0 Å². The van der Waals surface area contributed by atoms with E-state index >= 15 is 0 Å². The van der Waals surface area contributed by atoms with Gasteiger partial charge in [0.25, 0.3) is 5.91 Å². The molecule has 0 atom stereocenters. The molecule has 0 aliphatic carbocycles. The van der Waals surface area contributed by atoms with Crippen LogP contribution in [0.3, 0.4) is 0 Å². The summed E-state index contributed by atoms with van der Waals surface area (Å²) in [5.41, 5.74) is 1.29. The van der Waals surface area contributed by atoms with Crippen LogP contribution in [0.5, 0.6) is 11.5 Å². The largest absolute Gasteiger partial charge is 0.493 e. The molecule has 0 radical (unpaired) electrons. The smallest absolute Gasteiger partial charge is 0.256 e. The van der Waals surface area contributed by atoms with E-state index in [0.717, 1.165) is 18.4 Å². The Hall–Kier alpha value is -2.70. The molecule has 8 heteroatoms. The number of methoxy groups -OCH3 is 1. The number of hydrogen-bond donors (Lipinski definition) is 1. The first-order chi connectivity index (χ1) is 14.5. The lowest BCUT2D eigenvalue weighted by Crippen LogP contribution is -2.16. The molecule has 3 rings (SSSR count). The van der Waals surface area contributed by atoms with E-state index < -0.39 is 0 Å². The molecule has 0 fully saturated rings. The molecule has 158 valence electrons. The number of ether oxygens (including phenoxy) is 2. The summed E-state index contributed by atoms with van der Waals surface area (Å²) in [4.78, 5) is 12.8. The Morgan fingerprint density at radius 3 is 2.70 bits per heavy atom. The van der Waals surface area contributed by atoms with Crippen LogP contribution >= 0.6 is 23.2 Å². The third-order valence-corrected chi connectivity index (χ3v) is 5.06. The predicted molar refractivity (Wildman–Crippen MR) is 119 cm³/mol. The number of carbonyl (C=O) groups excluding carboxylic acids is 1. The quantitative estimate of drug-likeness (QED) is 0.428. The van der Waals surface area contributed by atoms with Gasteiger partial charge in [-0.3, -0.25) is 4.79 Å². The summed E-state index contributed by atoms with van der Waals surface area (Å²) in [6, 6.07) is 12.1. The van der Waals surface area contributed by atoms with Crippen molar-refractivity contribution in [2.24, 2.45) is 0 Å². The van der Waals surface area contributed by atoms with Gasteiger partial charge in [0.2, 0.25) is 0 Å². The number of anilines is 1. The maximum Gasteiger partial charge on any atom is 0.256 e. The zero-order valence-corrected chi connectivity index (χ0v) is 18.3. The molecule has 3 aromatic rings. The van der Waals surface area contributed by atoms with Crippen LogP contribution in [0.1, 0.15) is 35.7 Å². The molecular formula is C22H23Cl2N3O3. The van der Waals surface area contributed by atoms with E-state index in [-0.39, 0.29) is 5.91 Å². The topological polar surface area (TPSA) is 65.4 Å². The zero-order chi connectivity index (χ0) is 21.5. The van der Waals surface area contributed by atoms with E-state index in [9.17, 15) is 4.79 Å². The van der Waals surface area contributed by atoms with E-state index in [4.69, 9.17) is 32.7 Å². The average molecular weight is 448 g/mol. The summed E-state index contributed by atoms with van der Waals surface area (Å²) in [7, 11) is 1.55. The van der Waals surface area contributed by atoms with Gasteiger partial charge >= 0.3 is 0 Å². The Labute approximate surface area is 185 Å². The molecule has 2 aromatic carbocycles. The number of rotatable bonds is 9. The molecule has 0 unspecified atom stereocenters. The summed E-state index contributed by atoms with van der Waals surface area (Å²) < 4.78 is 12.8. The van der Waals surface area contributed by atoms with Crippen molar-refractivity contribution in [3.8, 4) is 11.5 Å². The number of benzene rings is 2. The van der Waals surface area contributed by atoms with E-state index in [2.05, 4.69) is 17.3 Å². The molecule has 1 amide bonds. The van der Waals surface area contributed by atoms with Gasteiger partial charge in [-0.25, -0.2) is 4.68 Å². The second kappa shape index (κ2) is 10.4. The highest BCUT2D eigenvalue weighted by Gasteiger charge is 2.14. The number of nitrogens with zero attached hydrogens (tertiary/aromatic N) is 2. The van der Waals surface area contributed by atoms with Gasteiger partial charge in [-0.2, -0.15) is 5.10 Å². The molecule has 1 heterocycles. The molecule has 0 bridgehead atoms. The van der Waals surface area contributed by atoms with Crippen molar-refractivity contribution < 1.29 is 14.3 Å². The second-order valence-electron chi connectivity index (χ2n) is 6.63. The SMILES string of the molecule is CCCCOc1ccc(C(=O)Nc2ccnn2Cc2ccc(Cl)cc2Cl)cc1OC. The zero-order valence-electron chi connectivity index (χ0n) is 16.8. The predicted octanol–water partition coefficient (Wildman–Crippen LogP) is 5.68. The molecule has 1 N–H and O–H groups in total. The van der Waals surface area contributed by atoms with Crippen molar-refractivity contribution in [3.05, 3.63) is 69.8 Å². The second-order valence-corrected chi connectivity index (χ2v) is 7.48. The Kier molecular flexibility index (Phi) is 7.60. The minimum absolute atomic E-state index is 0.280. The number of aromatic nitrogens is 2. The fraction of sp³-hybridized carbons (Fsp3) is 0.273. The molecule has 1 aromatic heterocycles. The van der Waals surface area contributed by atoms with Gasteiger partial charge in [0.1, 0.15) is 5.82 Å². The van der Waals surface area contributed by atoms with Gasteiger partial charge < -0.3 is 14.8 Å². The number of unbranched alkanes of at least 4 members (excludes halogenated alkanes) is 1. The number of amides is 1. The van der Waals surface area contributed by atoms with Crippen molar-refractivity contribution >= 4 is 34.9 Å². The van der Waals surface area contributed by atoms with Gasteiger partial charge in [0.15, 0.2) is 11.5 Å². The van der Waals surface area contributed by atoms with Gasteiger partial charge in [-0.15, -0.1) is 0 Å². The first kappa shape index (κ1) is 22.0. The van der Waals surface area contributed by atoms with Gasteiger partial charge in [0.05, 0.1) is 26.5 Å². The first-order valence-electron chi connectivity index (χ1n) is 9.59. The fourth-order valence-corrected chi connectivity index (χ4v) is 3.29. The standard InChI is InChI=1S/C22H23Cl2N3O3/c1-3-4-11-30-19-8-6-15(12-20(19)29-2)22(28)26-21-9-10-25-27(21)14-16-5-7-17(23)13-18(16)24/h5-10,12-13H,3-4,11,14H2,1-2H3,(H,26,28). The van der Waals surface area contributed by atoms with Gasteiger partial charge in [-0.05, 0) is 42.3 Å². The van der Waals surface area contributed by atoms with Crippen LogP contribution in [-0.2, 0) is 6.54 Å². The van der Waals surface area contributed by atoms with Crippen LogP contribution in [0.4, 0.5) is 5.82 Å². The fourth-order valence-electron chi connectivity index (χ4n) is 2.82. The van der Waals surface area contributed by atoms with Crippen LogP contribution in [0, 0.1) is 0 Å². The Balaban J connectivity index is 1.73. The highest BCUT2D eigenvalue weighted by atomic mass is 35.5. The molecule has 0 saturated carbocycles. The Morgan fingerprint density at radius 2 is 1.97 bits per heavy atom. The molecular weight excluding hydrogens is 425 g/mol. The normalized spacial score (nSPS) is 10.7. The Morgan fingerprint density at radius 1 is 1.13 bits per heavy atom. The average Bonchev–Trinajstić information content (AvgIpc) is 3.17. The highest BCUT2D eigenvalue weighted by molar-refractivity contribution is 6.35. The van der Waals surface area contributed by atoms with Crippen molar-refractivity contribution in [1.29, 1.82) is 0 Å². The number of halogens is 2. The van der Waals surface area contributed by atoms with Crippen LogP contribution in [0.25, 0.3) is 0 Å². The van der Waals surface area contributed by atoms with Crippen LogP contribution in [-0.4, -0.2) is 29.4 Å². The summed E-state index contributed by atoms with van der Waals surface area (Å²) in [5.74, 6) is 1.40. The van der Waals surface area contributed by atoms with E-state index in [0.29, 0.717) is 46.1 Å². The van der Waals surface area contributed by atoms with E-state index in [1.807, 2.05) is 6.07 Å². The van der Waals surface area contributed by atoms with Crippen LogP contribution < -0.4 is 14.8 Å². The summed E-state index contributed by atoms with van der Waals surface area (Å²) in [5, 5.41) is 8.26. The maximum atomic E-state index is 12.8. The van der Waals surface area contributed by atoms with E-state index in [1.165, 1.54) is 0 Å². The third kappa shape index (κ3) is 5.46. The van der Waals surface area contributed by atoms with Gasteiger partial charge in [-0.1, -0.05) is 42.6 Å². The third-order valence-electron chi connectivity index (χ3n) is 4.47. The monoisotopic (exact) mass is 447 g/mol. The maximum absolute atomic E-state index is 12.8. The van der Waals surface area contributed by atoms with Crippen molar-refractivity contribution in [1.82, 2.24) is 9.78 Å². The molecule has 6 nitrogen and oxygen atoms in total. The molecule has 0 saturated heterocycles. The minimum Gasteiger partial charge on any atom is -0.493 e. The molecule has 0 aliphatic heterocycles. The lowest BCUT2D eigenvalue weighted by molar-refractivity contribution is 0.102. The number of carbonyl (C=O) groups is 1. The molecule has 30 heavy (non-hydrogen) atoms. The highest BCUT2D eigenvalue weighted by Crippen LogP contribution is 2.29. The first-order valence-corrected chi connectivity index (χ1v) is 10.3.